The van der Waals surface area contributed by atoms with Crippen molar-refractivity contribution in [3.8, 4) is 0 Å². The van der Waals surface area contributed by atoms with Gasteiger partial charge in [0.1, 0.15) is 0 Å². The number of allylic oxidation sites excluding steroid dienone is 2. The van der Waals surface area contributed by atoms with Crippen LogP contribution in [0, 0.1) is 11.3 Å². The van der Waals surface area contributed by atoms with Crippen molar-refractivity contribution >= 4 is 5.97 Å². The molecule has 0 saturated carbocycles. The number of aliphatic hydroxyl groups is 2. The third-order valence-corrected chi connectivity index (χ3v) is 5.22. The Balaban J connectivity index is 2.54. The van der Waals surface area contributed by atoms with Crippen LogP contribution in [0.2, 0.25) is 0 Å². The van der Waals surface area contributed by atoms with Crippen LogP contribution in [-0.4, -0.2) is 33.5 Å². The maximum Gasteiger partial charge on any atom is 0.303 e. The molecular formula is C22H36O4. The molecule has 1 aliphatic carbocycles. The molecule has 0 fully saturated rings. The van der Waals surface area contributed by atoms with Crippen molar-refractivity contribution in [2.75, 3.05) is 0 Å². The molecule has 26 heavy (non-hydrogen) atoms. The van der Waals surface area contributed by atoms with E-state index in [-0.39, 0.29) is 17.8 Å². The summed E-state index contributed by atoms with van der Waals surface area (Å²) < 4.78 is 0. The molecule has 0 heterocycles. The number of carbonyl (C=O) groups is 1. The topological polar surface area (TPSA) is 77.8 Å². The summed E-state index contributed by atoms with van der Waals surface area (Å²) in [4.78, 5) is 10.5. The molecule has 0 spiro atoms. The lowest BCUT2D eigenvalue weighted by Crippen LogP contribution is -2.28. The van der Waals surface area contributed by atoms with Gasteiger partial charge in [-0.1, -0.05) is 69.6 Å². The Hall–Kier alpha value is -1.39. The van der Waals surface area contributed by atoms with Gasteiger partial charge >= 0.3 is 5.97 Å². The first kappa shape index (κ1) is 22.7. The van der Waals surface area contributed by atoms with E-state index >= 15 is 0 Å². The first-order valence-corrected chi connectivity index (χ1v) is 9.88. The van der Waals surface area contributed by atoms with Crippen molar-refractivity contribution in [2.45, 2.75) is 84.3 Å². The maximum absolute atomic E-state index is 10.5. The smallest absolute Gasteiger partial charge is 0.303 e. The fourth-order valence-corrected chi connectivity index (χ4v) is 3.25. The van der Waals surface area contributed by atoms with Crippen LogP contribution in [0.25, 0.3) is 0 Å². The van der Waals surface area contributed by atoms with Gasteiger partial charge in [-0.05, 0) is 37.5 Å². The van der Waals surface area contributed by atoms with Gasteiger partial charge in [-0.25, -0.2) is 0 Å². The SMILES string of the molecule is CCCCC(C)(C)[C@H](O)/C=C/[C@@H]1C(C/C=C\CCCC(=O)O)=CC[C@H]1O. The summed E-state index contributed by atoms with van der Waals surface area (Å²) in [6.07, 6.45) is 15.2. The molecule has 0 aliphatic heterocycles. The fourth-order valence-electron chi connectivity index (χ4n) is 3.25. The summed E-state index contributed by atoms with van der Waals surface area (Å²) in [5.74, 6) is -0.805. The number of carboxylic acid groups (broad SMARTS) is 1. The van der Waals surface area contributed by atoms with E-state index in [1.807, 2.05) is 24.3 Å². The zero-order valence-electron chi connectivity index (χ0n) is 16.5. The van der Waals surface area contributed by atoms with Crippen molar-refractivity contribution in [3.05, 3.63) is 36.0 Å². The Bertz CT molecular complexity index is 516. The molecule has 3 atom stereocenters. The van der Waals surface area contributed by atoms with E-state index in [4.69, 9.17) is 5.11 Å². The van der Waals surface area contributed by atoms with Crippen LogP contribution in [0.1, 0.15) is 72.1 Å². The van der Waals surface area contributed by atoms with Gasteiger partial charge in [0, 0.05) is 12.3 Å². The lowest BCUT2D eigenvalue weighted by Gasteiger charge is -2.29. The molecule has 1 aliphatic rings. The predicted octanol–water partition coefficient (Wildman–Crippen LogP) is 4.63. The summed E-state index contributed by atoms with van der Waals surface area (Å²) in [5, 5.41) is 29.4. The largest absolute Gasteiger partial charge is 0.481 e. The van der Waals surface area contributed by atoms with Gasteiger partial charge in [-0.2, -0.15) is 0 Å². The van der Waals surface area contributed by atoms with Gasteiger partial charge in [0.2, 0.25) is 0 Å². The van der Waals surface area contributed by atoms with Crippen LogP contribution in [0.3, 0.4) is 0 Å². The number of hydrogen-bond donors (Lipinski definition) is 3. The van der Waals surface area contributed by atoms with Crippen molar-refractivity contribution in [1.29, 1.82) is 0 Å². The van der Waals surface area contributed by atoms with Crippen LogP contribution in [0.4, 0.5) is 0 Å². The summed E-state index contributed by atoms with van der Waals surface area (Å²) in [6.45, 7) is 6.32. The molecule has 0 bridgehead atoms. The van der Waals surface area contributed by atoms with Crippen molar-refractivity contribution in [3.63, 3.8) is 0 Å². The van der Waals surface area contributed by atoms with Crippen molar-refractivity contribution < 1.29 is 20.1 Å². The van der Waals surface area contributed by atoms with E-state index in [1.54, 1.807) is 0 Å². The Labute approximate surface area is 158 Å². The second-order valence-electron chi connectivity index (χ2n) is 7.99. The molecule has 3 N–H and O–H groups in total. The Morgan fingerprint density at radius 1 is 1.35 bits per heavy atom. The zero-order chi connectivity index (χ0) is 19.6. The molecule has 0 radical (unpaired) electrons. The molecule has 0 aromatic carbocycles. The molecule has 0 aromatic rings. The van der Waals surface area contributed by atoms with E-state index in [1.165, 1.54) is 5.57 Å². The molecule has 1 rings (SSSR count). The number of carboxylic acids is 1. The minimum absolute atomic E-state index is 0.0460. The van der Waals surface area contributed by atoms with Gasteiger partial charge in [-0.15, -0.1) is 0 Å². The highest BCUT2D eigenvalue weighted by molar-refractivity contribution is 5.66. The van der Waals surface area contributed by atoms with E-state index in [2.05, 4.69) is 26.8 Å². The second kappa shape index (κ2) is 11.3. The van der Waals surface area contributed by atoms with E-state index in [9.17, 15) is 15.0 Å². The highest BCUT2D eigenvalue weighted by Gasteiger charge is 2.28. The van der Waals surface area contributed by atoms with Crippen LogP contribution in [0.15, 0.2) is 36.0 Å². The number of aliphatic carboxylic acids is 1. The van der Waals surface area contributed by atoms with Crippen LogP contribution in [-0.2, 0) is 4.79 Å². The van der Waals surface area contributed by atoms with Crippen LogP contribution in [0.5, 0.6) is 0 Å². The van der Waals surface area contributed by atoms with Crippen molar-refractivity contribution in [2.24, 2.45) is 11.3 Å². The minimum Gasteiger partial charge on any atom is -0.481 e. The maximum atomic E-state index is 10.5. The van der Waals surface area contributed by atoms with Crippen LogP contribution >= 0.6 is 0 Å². The van der Waals surface area contributed by atoms with E-state index in [0.717, 1.165) is 32.1 Å². The van der Waals surface area contributed by atoms with E-state index < -0.39 is 18.2 Å². The zero-order valence-corrected chi connectivity index (χ0v) is 16.5. The van der Waals surface area contributed by atoms with Gasteiger partial charge < -0.3 is 15.3 Å². The quantitative estimate of drug-likeness (QED) is 0.348. The average Bonchev–Trinajstić information content (AvgIpc) is 2.93. The second-order valence-corrected chi connectivity index (χ2v) is 7.99. The predicted molar refractivity (Wildman–Crippen MR) is 106 cm³/mol. The monoisotopic (exact) mass is 364 g/mol. The Morgan fingerprint density at radius 2 is 2.08 bits per heavy atom. The average molecular weight is 365 g/mol. The standard InChI is InChI=1S/C22H36O4/c1-4-5-16-22(2,3)20(24)15-13-18-17(12-14-19(18)23)10-8-6-7-9-11-21(25)26/h6,8,12-13,15,18-20,23-24H,4-5,7,9-11,14,16H2,1-3H3,(H,25,26)/b8-6-,15-13+/t18-,19-,20-/m1/s1. The van der Waals surface area contributed by atoms with Crippen LogP contribution < -0.4 is 0 Å². The molecule has 148 valence electrons. The third kappa shape index (κ3) is 7.88. The van der Waals surface area contributed by atoms with Gasteiger partial charge in [-0.3, -0.25) is 4.79 Å². The lowest BCUT2D eigenvalue weighted by atomic mass is 9.80. The van der Waals surface area contributed by atoms with Gasteiger partial charge in [0.15, 0.2) is 0 Å². The molecule has 0 saturated heterocycles. The summed E-state index contributed by atoms with van der Waals surface area (Å²) >= 11 is 0. The highest BCUT2D eigenvalue weighted by Crippen LogP contribution is 2.33. The Kier molecular flexibility index (Phi) is 9.89. The minimum atomic E-state index is -0.759. The number of unbranched alkanes of at least 4 members (excludes halogenated alkanes) is 2. The molecule has 4 heteroatoms. The summed E-state index contributed by atoms with van der Waals surface area (Å²) in [7, 11) is 0. The van der Waals surface area contributed by atoms with Crippen molar-refractivity contribution in [1.82, 2.24) is 0 Å². The number of rotatable bonds is 12. The first-order chi connectivity index (χ1) is 12.3. The highest BCUT2D eigenvalue weighted by atomic mass is 16.4. The molecular weight excluding hydrogens is 328 g/mol. The number of aliphatic hydroxyl groups excluding tert-OH is 2. The normalized spacial score (nSPS) is 22.3. The molecule has 0 unspecified atom stereocenters. The molecule has 0 amide bonds. The van der Waals surface area contributed by atoms with E-state index in [0.29, 0.717) is 12.8 Å². The number of hydrogen-bond acceptors (Lipinski definition) is 3. The first-order valence-electron chi connectivity index (χ1n) is 9.88. The lowest BCUT2D eigenvalue weighted by molar-refractivity contribution is -0.137. The fraction of sp³-hybridized carbons (Fsp3) is 0.682. The van der Waals surface area contributed by atoms with Gasteiger partial charge in [0.05, 0.1) is 12.2 Å². The molecule has 0 aromatic heterocycles. The summed E-state index contributed by atoms with van der Waals surface area (Å²) in [6, 6.07) is 0. The Morgan fingerprint density at radius 3 is 2.73 bits per heavy atom. The third-order valence-electron chi connectivity index (χ3n) is 5.22. The molecule has 4 nitrogen and oxygen atoms in total. The van der Waals surface area contributed by atoms with Gasteiger partial charge in [0.25, 0.3) is 0 Å². The summed E-state index contributed by atoms with van der Waals surface area (Å²) in [5.41, 5.74) is 1.01.